The summed E-state index contributed by atoms with van der Waals surface area (Å²) in [5.41, 5.74) is 2.98. The van der Waals surface area contributed by atoms with Crippen LogP contribution in [-0.2, 0) is 4.74 Å². The molecule has 1 aliphatic heterocycles. The van der Waals surface area contributed by atoms with Crippen molar-refractivity contribution in [3.8, 4) is 6.07 Å². The van der Waals surface area contributed by atoms with Gasteiger partial charge in [-0.3, -0.25) is 0 Å². The topological polar surface area (TPSA) is 36.3 Å². The van der Waals surface area contributed by atoms with Crippen LogP contribution in [0.3, 0.4) is 0 Å². The zero-order valence-electron chi connectivity index (χ0n) is 10.6. The molecule has 0 aromatic heterocycles. The second kappa shape index (κ2) is 4.77. The Morgan fingerprint density at radius 3 is 2.82 bits per heavy atom. The number of morpholine rings is 1. The molecule has 1 saturated heterocycles. The maximum Gasteiger partial charge on any atom is 0.0994 e. The van der Waals surface area contributed by atoms with Gasteiger partial charge in [-0.25, -0.2) is 0 Å². The normalized spacial score (nSPS) is 24.5. The molecule has 0 aliphatic carbocycles. The van der Waals surface area contributed by atoms with E-state index >= 15 is 0 Å². The zero-order valence-corrected chi connectivity index (χ0v) is 10.6. The van der Waals surface area contributed by atoms with E-state index in [1.165, 1.54) is 5.69 Å². The van der Waals surface area contributed by atoms with Crippen LogP contribution in [0.2, 0.25) is 0 Å². The van der Waals surface area contributed by atoms with Crippen LogP contribution in [0.4, 0.5) is 5.69 Å². The molecule has 0 amide bonds. The Balaban J connectivity index is 2.27. The second-order valence-corrected chi connectivity index (χ2v) is 4.76. The van der Waals surface area contributed by atoms with Gasteiger partial charge in [0.15, 0.2) is 0 Å². The molecule has 1 aromatic carbocycles. The van der Waals surface area contributed by atoms with E-state index in [1.807, 2.05) is 19.1 Å². The highest BCUT2D eigenvalue weighted by molar-refractivity contribution is 5.54. The van der Waals surface area contributed by atoms with Gasteiger partial charge in [0, 0.05) is 18.3 Å². The lowest BCUT2D eigenvalue weighted by molar-refractivity contribution is 0.0344. The third-order valence-electron chi connectivity index (χ3n) is 3.27. The minimum atomic E-state index is 0.266. The molecule has 0 spiro atoms. The monoisotopic (exact) mass is 230 g/mol. The molecular weight excluding hydrogens is 212 g/mol. The largest absolute Gasteiger partial charge is 0.375 e. The SMILES string of the molecule is Cc1cc(N2CC(C)OCC2C)ccc1C#N. The van der Waals surface area contributed by atoms with Crippen LogP contribution in [-0.4, -0.2) is 25.3 Å². The predicted molar refractivity (Wildman–Crippen MR) is 68.1 cm³/mol. The summed E-state index contributed by atoms with van der Waals surface area (Å²) in [6.07, 6.45) is 0.266. The van der Waals surface area contributed by atoms with Gasteiger partial charge < -0.3 is 9.64 Å². The molecule has 1 aliphatic rings. The van der Waals surface area contributed by atoms with Gasteiger partial charge in [0.2, 0.25) is 0 Å². The van der Waals surface area contributed by atoms with Crippen molar-refractivity contribution in [2.75, 3.05) is 18.1 Å². The van der Waals surface area contributed by atoms with Gasteiger partial charge in [-0.05, 0) is 44.5 Å². The number of benzene rings is 1. The number of aryl methyl sites for hydroxylation is 1. The minimum absolute atomic E-state index is 0.266. The Kier molecular flexibility index (Phi) is 3.35. The number of hydrogen-bond acceptors (Lipinski definition) is 3. The van der Waals surface area contributed by atoms with Gasteiger partial charge in [-0.15, -0.1) is 0 Å². The fourth-order valence-electron chi connectivity index (χ4n) is 2.21. The molecule has 2 rings (SSSR count). The maximum absolute atomic E-state index is 8.93. The van der Waals surface area contributed by atoms with E-state index in [0.29, 0.717) is 6.04 Å². The van der Waals surface area contributed by atoms with Crippen LogP contribution in [0.25, 0.3) is 0 Å². The van der Waals surface area contributed by atoms with Crippen molar-refractivity contribution in [2.24, 2.45) is 0 Å². The molecule has 2 unspecified atom stereocenters. The van der Waals surface area contributed by atoms with Crippen molar-refractivity contribution < 1.29 is 4.74 Å². The summed E-state index contributed by atoms with van der Waals surface area (Å²) >= 11 is 0. The molecule has 1 aromatic rings. The Labute approximate surface area is 103 Å². The molecule has 17 heavy (non-hydrogen) atoms. The number of hydrogen-bond donors (Lipinski definition) is 0. The van der Waals surface area contributed by atoms with E-state index in [1.54, 1.807) is 0 Å². The predicted octanol–water partition coefficient (Wildman–Crippen LogP) is 2.48. The molecule has 0 bridgehead atoms. The third-order valence-corrected chi connectivity index (χ3v) is 3.27. The van der Waals surface area contributed by atoms with E-state index in [0.717, 1.165) is 24.3 Å². The van der Waals surface area contributed by atoms with Gasteiger partial charge in [-0.2, -0.15) is 5.26 Å². The van der Waals surface area contributed by atoms with E-state index in [9.17, 15) is 0 Å². The van der Waals surface area contributed by atoms with E-state index in [2.05, 4.69) is 30.9 Å². The van der Waals surface area contributed by atoms with Gasteiger partial charge in [-0.1, -0.05) is 0 Å². The maximum atomic E-state index is 8.93. The quantitative estimate of drug-likeness (QED) is 0.743. The first-order valence-corrected chi connectivity index (χ1v) is 6.01. The number of nitriles is 1. The first-order valence-electron chi connectivity index (χ1n) is 6.01. The highest BCUT2D eigenvalue weighted by Gasteiger charge is 2.23. The van der Waals surface area contributed by atoms with Crippen molar-refractivity contribution in [3.63, 3.8) is 0 Å². The number of anilines is 1. The first-order chi connectivity index (χ1) is 8.11. The number of rotatable bonds is 1. The van der Waals surface area contributed by atoms with E-state index in [-0.39, 0.29) is 6.10 Å². The minimum Gasteiger partial charge on any atom is -0.375 e. The van der Waals surface area contributed by atoms with Crippen LogP contribution < -0.4 is 4.90 Å². The van der Waals surface area contributed by atoms with Crippen molar-refractivity contribution in [3.05, 3.63) is 29.3 Å². The average molecular weight is 230 g/mol. The lowest BCUT2D eigenvalue weighted by atomic mass is 10.1. The molecule has 3 nitrogen and oxygen atoms in total. The summed E-state index contributed by atoms with van der Waals surface area (Å²) in [4.78, 5) is 2.35. The van der Waals surface area contributed by atoms with Crippen molar-refractivity contribution in [2.45, 2.75) is 32.9 Å². The standard InChI is InChI=1S/C14H18N2O/c1-10-6-14(5-4-13(10)7-15)16-8-12(3)17-9-11(16)2/h4-6,11-12H,8-9H2,1-3H3. The van der Waals surface area contributed by atoms with Gasteiger partial charge >= 0.3 is 0 Å². The smallest absolute Gasteiger partial charge is 0.0994 e. The van der Waals surface area contributed by atoms with Crippen LogP contribution in [0.1, 0.15) is 25.0 Å². The summed E-state index contributed by atoms with van der Waals surface area (Å²) in [7, 11) is 0. The van der Waals surface area contributed by atoms with Crippen LogP contribution in [0.15, 0.2) is 18.2 Å². The van der Waals surface area contributed by atoms with E-state index in [4.69, 9.17) is 10.00 Å². The van der Waals surface area contributed by atoms with Gasteiger partial charge in [0.25, 0.3) is 0 Å². The van der Waals surface area contributed by atoms with Crippen LogP contribution in [0.5, 0.6) is 0 Å². The fraction of sp³-hybridized carbons (Fsp3) is 0.500. The molecule has 0 saturated carbocycles. The number of nitrogens with zero attached hydrogens (tertiary/aromatic N) is 2. The van der Waals surface area contributed by atoms with Crippen LogP contribution >= 0.6 is 0 Å². The summed E-state index contributed by atoms with van der Waals surface area (Å²) in [6, 6.07) is 8.61. The van der Waals surface area contributed by atoms with Crippen molar-refractivity contribution in [1.82, 2.24) is 0 Å². The Morgan fingerprint density at radius 1 is 1.41 bits per heavy atom. The third kappa shape index (κ3) is 2.42. The van der Waals surface area contributed by atoms with E-state index < -0.39 is 0 Å². The molecule has 3 heteroatoms. The summed E-state index contributed by atoms with van der Waals surface area (Å²) in [5, 5.41) is 8.93. The Morgan fingerprint density at radius 2 is 2.18 bits per heavy atom. The second-order valence-electron chi connectivity index (χ2n) is 4.76. The molecule has 2 atom stereocenters. The summed E-state index contributed by atoms with van der Waals surface area (Å²) in [5.74, 6) is 0. The molecular formula is C14H18N2O. The molecule has 0 N–H and O–H groups in total. The van der Waals surface area contributed by atoms with Crippen molar-refractivity contribution >= 4 is 5.69 Å². The van der Waals surface area contributed by atoms with Crippen molar-refractivity contribution in [1.29, 1.82) is 5.26 Å². The Hall–Kier alpha value is -1.53. The Bertz CT molecular complexity index is 450. The lowest BCUT2D eigenvalue weighted by Crippen LogP contribution is -2.47. The van der Waals surface area contributed by atoms with Gasteiger partial charge in [0.1, 0.15) is 0 Å². The molecule has 90 valence electrons. The zero-order chi connectivity index (χ0) is 12.4. The summed E-state index contributed by atoms with van der Waals surface area (Å²) < 4.78 is 5.62. The van der Waals surface area contributed by atoms with Crippen LogP contribution in [0, 0.1) is 18.3 Å². The fourth-order valence-corrected chi connectivity index (χ4v) is 2.21. The molecule has 0 radical (unpaired) electrons. The molecule has 1 fully saturated rings. The van der Waals surface area contributed by atoms with Gasteiger partial charge in [0.05, 0.1) is 24.3 Å². The average Bonchev–Trinajstić information content (AvgIpc) is 2.32. The first kappa shape index (κ1) is 11.9. The number of ether oxygens (including phenoxy) is 1. The molecule has 1 heterocycles. The summed E-state index contributed by atoms with van der Waals surface area (Å²) in [6.45, 7) is 7.91. The highest BCUT2D eigenvalue weighted by Crippen LogP contribution is 2.24. The lowest BCUT2D eigenvalue weighted by Gasteiger charge is -2.38. The highest BCUT2D eigenvalue weighted by atomic mass is 16.5.